The fourth-order valence-corrected chi connectivity index (χ4v) is 3.96. The molecule has 1 saturated heterocycles. The molecule has 0 bridgehead atoms. The predicted octanol–water partition coefficient (Wildman–Crippen LogP) is 2.84. The SMILES string of the molecule is COc1ccc([C@H]2CN(C(=O)C[C@H](N)Cc3ccc(Cl)cc3)C[C@@H]2CO)cc1. The van der Waals surface area contributed by atoms with Crippen LogP contribution in [-0.2, 0) is 11.2 Å². The number of aliphatic hydroxyl groups is 1. The van der Waals surface area contributed by atoms with Crippen molar-refractivity contribution in [1.82, 2.24) is 4.90 Å². The van der Waals surface area contributed by atoms with Gasteiger partial charge in [0.1, 0.15) is 5.75 Å². The third-order valence-corrected chi connectivity index (χ3v) is 5.67. The van der Waals surface area contributed by atoms with Gasteiger partial charge in [0.15, 0.2) is 0 Å². The summed E-state index contributed by atoms with van der Waals surface area (Å²) < 4.78 is 5.21. The quantitative estimate of drug-likeness (QED) is 0.746. The van der Waals surface area contributed by atoms with Crippen LogP contribution in [0.3, 0.4) is 0 Å². The van der Waals surface area contributed by atoms with E-state index >= 15 is 0 Å². The minimum absolute atomic E-state index is 0.0323. The summed E-state index contributed by atoms with van der Waals surface area (Å²) in [6.45, 7) is 1.21. The third kappa shape index (κ3) is 5.04. The summed E-state index contributed by atoms with van der Waals surface area (Å²) in [5.41, 5.74) is 8.39. The maximum Gasteiger partial charge on any atom is 0.224 e. The molecule has 0 unspecified atom stereocenters. The molecule has 3 rings (SSSR count). The molecule has 0 saturated carbocycles. The zero-order valence-electron chi connectivity index (χ0n) is 16.1. The Balaban J connectivity index is 1.59. The molecule has 1 aliphatic rings. The van der Waals surface area contributed by atoms with Gasteiger partial charge < -0.3 is 20.5 Å². The molecule has 3 atom stereocenters. The van der Waals surface area contributed by atoms with Gasteiger partial charge in [-0.25, -0.2) is 0 Å². The minimum Gasteiger partial charge on any atom is -0.497 e. The molecule has 3 N–H and O–H groups in total. The van der Waals surface area contributed by atoms with Crippen LogP contribution in [0.1, 0.15) is 23.5 Å². The van der Waals surface area contributed by atoms with Crippen LogP contribution in [0.5, 0.6) is 5.75 Å². The lowest BCUT2D eigenvalue weighted by Crippen LogP contribution is -2.35. The lowest BCUT2D eigenvalue weighted by atomic mass is 9.89. The van der Waals surface area contributed by atoms with Gasteiger partial charge in [-0.2, -0.15) is 0 Å². The Morgan fingerprint density at radius 2 is 1.89 bits per heavy atom. The Morgan fingerprint density at radius 3 is 2.50 bits per heavy atom. The zero-order valence-corrected chi connectivity index (χ0v) is 16.8. The normalized spacial score (nSPS) is 20.2. The topological polar surface area (TPSA) is 75.8 Å². The monoisotopic (exact) mass is 402 g/mol. The van der Waals surface area contributed by atoms with Crippen LogP contribution in [0.25, 0.3) is 0 Å². The molecule has 1 amide bonds. The molecule has 28 heavy (non-hydrogen) atoms. The first-order valence-electron chi connectivity index (χ1n) is 9.52. The average Bonchev–Trinajstić information content (AvgIpc) is 3.14. The highest BCUT2D eigenvalue weighted by molar-refractivity contribution is 6.30. The van der Waals surface area contributed by atoms with E-state index in [2.05, 4.69) is 0 Å². The van der Waals surface area contributed by atoms with Crippen LogP contribution >= 0.6 is 11.6 Å². The highest BCUT2D eigenvalue weighted by Crippen LogP contribution is 2.33. The molecule has 2 aromatic rings. The van der Waals surface area contributed by atoms with Gasteiger partial charge in [0.05, 0.1) is 7.11 Å². The Morgan fingerprint density at radius 1 is 1.21 bits per heavy atom. The van der Waals surface area contributed by atoms with E-state index in [1.165, 1.54) is 0 Å². The van der Waals surface area contributed by atoms with Gasteiger partial charge in [-0.1, -0.05) is 35.9 Å². The fraction of sp³-hybridized carbons (Fsp3) is 0.409. The number of aliphatic hydroxyl groups excluding tert-OH is 1. The van der Waals surface area contributed by atoms with Crippen LogP contribution in [0, 0.1) is 5.92 Å². The Labute approximate surface area is 171 Å². The first-order chi connectivity index (χ1) is 13.5. The number of hydrogen-bond acceptors (Lipinski definition) is 4. The van der Waals surface area contributed by atoms with E-state index in [0.717, 1.165) is 16.9 Å². The van der Waals surface area contributed by atoms with Gasteiger partial charge in [-0.3, -0.25) is 4.79 Å². The summed E-state index contributed by atoms with van der Waals surface area (Å²) in [6.07, 6.45) is 0.915. The number of benzene rings is 2. The summed E-state index contributed by atoms with van der Waals surface area (Å²) in [6, 6.07) is 15.1. The van der Waals surface area contributed by atoms with Gasteiger partial charge in [-0.15, -0.1) is 0 Å². The number of nitrogens with zero attached hydrogens (tertiary/aromatic N) is 1. The first kappa shape index (κ1) is 20.6. The number of methoxy groups -OCH3 is 1. The van der Waals surface area contributed by atoms with Crippen molar-refractivity contribution in [2.24, 2.45) is 11.7 Å². The van der Waals surface area contributed by atoms with E-state index in [9.17, 15) is 9.90 Å². The Bertz CT molecular complexity index is 779. The average molecular weight is 403 g/mol. The molecule has 1 aliphatic heterocycles. The molecule has 1 fully saturated rings. The van der Waals surface area contributed by atoms with E-state index in [4.69, 9.17) is 22.1 Å². The van der Waals surface area contributed by atoms with Crippen LogP contribution in [0.2, 0.25) is 5.02 Å². The van der Waals surface area contributed by atoms with Crippen molar-refractivity contribution in [2.45, 2.75) is 24.8 Å². The van der Waals surface area contributed by atoms with Gasteiger partial charge in [-0.05, 0) is 41.8 Å². The molecule has 0 aromatic heterocycles. The first-order valence-corrected chi connectivity index (χ1v) is 9.90. The zero-order chi connectivity index (χ0) is 20.1. The number of hydrogen-bond donors (Lipinski definition) is 2. The molecule has 1 heterocycles. The van der Waals surface area contributed by atoms with Crippen molar-refractivity contribution in [2.75, 3.05) is 26.8 Å². The molecule has 5 nitrogen and oxygen atoms in total. The van der Waals surface area contributed by atoms with E-state index in [1.54, 1.807) is 7.11 Å². The number of rotatable bonds is 7. The van der Waals surface area contributed by atoms with Gasteiger partial charge in [0.2, 0.25) is 5.91 Å². The Hall–Kier alpha value is -2.08. The second kappa shape index (κ2) is 9.41. The smallest absolute Gasteiger partial charge is 0.224 e. The molecule has 0 spiro atoms. The van der Waals surface area contributed by atoms with Crippen LogP contribution in [0.15, 0.2) is 48.5 Å². The van der Waals surface area contributed by atoms with E-state index in [0.29, 0.717) is 24.5 Å². The van der Waals surface area contributed by atoms with E-state index < -0.39 is 0 Å². The molecular weight excluding hydrogens is 376 g/mol. The van der Waals surface area contributed by atoms with Crippen molar-refractivity contribution in [3.8, 4) is 5.75 Å². The molecule has 6 heteroatoms. The molecule has 0 aliphatic carbocycles. The predicted molar refractivity (Wildman–Crippen MR) is 111 cm³/mol. The summed E-state index contributed by atoms with van der Waals surface area (Å²) in [4.78, 5) is 14.6. The van der Waals surface area contributed by atoms with Crippen molar-refractivity contribution >= 4 is 17.5 Å². The Kier molecular flexibility index (Phi) is 6.94. The molecule has 150 valence electrons. The van der Waals surface area contributed by atoms with E-state index in [-0.39, 0.29) is 36.8 Å². The highest BCUT2D eigenvalue weighted by Gasteiger charge is 2.35. The maximum absolute atomic E-state index is 12.8. The van der Waals surface area contributed by atoms with E-state index in [1.807, 2.05) is 53.4 Å². The lowest BCUT2D eigenvalue weighted by molar-refractivity contribution is -0.130. The highest BCUT2D eigenvalue weighted by atomic mass is 35.5. The molecular formula is C22H27ClN2O3. The summed E-state index contributed by atoms with van der Waals surface area (Å²) >= 11 is 5.91. The largest absolute Gasteiger partial charge is 0.497 e. The summed E-state index contributed by atoms with van der Waals surface area (Å²) in [5, 5.41) is 10.5. The fourth-order valence-electron chi connectivity index (χ4n) is 3.84. The second-order valence-electron chi connectivity index (χ2n) is 7.42. The standard InChI is InChI=1S/C22H27ClN2O3/c1-28-20-8-4-16(5-9-20)21-13-25(12-17(21)14-26)22(27)11-19(24)10-15-2-6-18(23)7-3-15/h2-9,17,19,21,26H,10-14,24H2,1H3/t17-,19-,21-/m1/s1. The van der Waals surface area contributed by atoms with Crippen LogP contribution in [0.4, 0.5) is 0 Å². The summed E-state index contributed by atoms with van der Waals surface area (Å²) in [5.74, 6) is 0.983. The number of amides is 1. The van der Waals surface area contributed by atoms with Crippen LogP contribution in [-0.4, -0.2) is 48.8 Å². The number of halogens is 1. The number of carbonyl (C=O) groups is 1. The van der Waals surface area contributed by atoms with Crippen molar-refractivity contribution in [3.05, 3.63) is 64.7 Å². The van der Waals surface area contributed by atoms with Gasteiger partial charge in [0.25, 0.3) is 0 Å². The van der Waals surface area contributed by atoms with Crippen molar-refractivity contribution in [3.63, 3.8) is 0 Å². The number of carbonyl (C=O) groups excluding carboxylic acids is 1. The lowest BCUT2D eigenvalue weighted by Gasteiger charge is -2.19. The molecule has 2 aromatic carbocycles. The van der Waals surface area contributed by atoms with Crippen molar-refractivity contribution < 1.29 is 14.6 Å². The number of likely N-dealkylation sites (tertiary alicyclic amines) is 1. The number of nitrogens with two attached hydrogens (primary N) is 1. The second-order valence-corrected chi connectivity index (χ2v) is 7.85. The van der Waals surface area contributed by atoms with Gasteiger partial charge >= 0.3 is 0 Å². The van der Waals surface area contributed by atoms with Crippen molar-refractivity contribution in [1.29, 1.82) is 0 Å². The molecule has 0 radical (unpaired) electrons. The van der Waals surface area contributed by atoms with Crippen LogP contribution < -0.4 is 10.5 Å². The summed E-state index contributed by atoms with van der Waals surface area (Å²) in [7, 11) is 1.63. The number of ether oxygens (including phenoxy) is 1. The maximum atomic E-state index is 12.8. The van der Waals surface area contributed by atoms with Gasteiger partial charge in [0, 0.05) is 49.0 Å². The third-order valence-electron chi connectivity index (χ3n) is 5.42. The minimum atomic E-state index is -0.249.